The second-order valence-electron chi connectivity index (χ2n) is 13.7. The minimum atomic E-state index is -0.0482. The zero-order valence-electron chi connectivity index (χ0n) is 27.6. The van der Waals surface area contributed by atoms with E-state index in [1.165, 1.54) is 77.6 Å². The molecule has 0 bridgehead atoms. The second-order valence-corrected chi connectivity index (χ2v) is 13.7. The molecule has 4 heteroatoms. The molecule has 12 rings (SSSR count). The predicted octanol–water partition coefficient (Wildman–Crippen LogP) is 11.9. The van der Waals surface area contributed by atoms with E-state index in [1.54, 1.807) is 0 Å². The number of hydrogen-bond donors (Lipinski definition) is 0. The Labute approximate surface area is 294 Å². The molecular formula is C47H30N4. The van der Waals surface area contributed by atoms with Gasteiger partial charge in [-0.05, 0) is 60.7 Å². The standard InChI is InChI=1S/C47H30N4/c1-4-16-30(17-5-1)48-39-27-15-12-24-36(39)45-46(48)43-41-35-23-11-14-26-38(35)50(32-20-8-3-9-21-32)47(41)51-37-25-13-10-22-33(37)34-28-29-40(42(43)44(34)51)49(45)31-18-6-2-7-19-31/h1-29,43H. The fourth-order valence-corrected chi connectivity index (χ4v) is 9.35. The normalized spacial score (nSPS) is 14.4. The lowest BCUT2D eigenvalue weighted by Gasteiger charge is -2.40. The number of anilines is 3. The molecule has 1 unspecified atom stereocenters. The fraction of sp³-hybridized carbons (Fsp3) is 0.0213. The Balaban J connectivity index is 1.37. The van der Waals surface area contributed by atoms with Gasteiger partial charge in [-0.1, -0.05) is 115 Å². The van der Waals surface area contributed by atoms with Crippen LogP contribution in [0.2, 0.25) is 0 Å². The van der Waals surface area contributed by atoms with E-state index in [0.29, 0.717) is 0 Å². The van der Waals surface area contributed by atoms with E-state index in [9.17, 15) is 0 Å². The Kier molecular flexibility index (Phi) is 5.26. The van der Waals surface area contributed by atoms with Crippen LogP contribution in [0.25, 0.3) is 60.8 Å². The van der Waals surface area contributed by atoms with Crippen LogP contribution in [0.1, 0.15) is 22.7 Å². The van der Waals surface area contributed by atoms with Crippen molar-refractivity contribution in [2.75, 3.05) is 4.90 Å². The molecule has 238 valence electrons. The van der Waals surface area contributed by atoms with Gasteiger partial charge in [0.25, 0.3) is 0 Å². The van der Waals surface area contributed by atoms with E-state index in [-0.39, 0.29) is 5.92 Å². The highest BCUT2D eigenvalue weighted by molar-refractivity contribution is 6.16. The first-order valence-corrected chi connectivity index (χ1v) is 17.7. The number of fused-ring (bicyclic) bond motifs is 12. The number of nitrogens with zero attached hydrogens (tertiary/aromatic N) is 4. The maximum atomic E-state index is 2.58. The van der Waals surface area contributed by atoms with Gasteiger partial charge in [0.05, 0.1) is 45.1 Å². The smallest absolute Gasteiger partial charge is 0.127 e. The highest BCUT2D eigenvalue weighted by Crippen LogP contribution is 2.61. The van der Waals surface area contributed by atoms with Crippen molar-refractivity contribution in [3.63, 3.8) is 0 Å². The third-order valence-corrected chi connectivity index (χ3v) is 11.2. The first-order valence-electron chi connectivity index (χ1n) is 17.7. The van der Waals surface area contributed by atoms with Crippen LogP contribution in [0.3, 0.4) is 0 Å². The molecule has 0 fully saturated rings. The van der Waals surface area contributed by atoms with Crippen LogP contribution in [-0.4, -0.2) is 13.7 Å². The molecule has 1 atom stereocenters. The van der Waals surface area contributed by atoms with Crippen molar-refractivity contribution in [1.82, 2.24) is 13.7 Å². The molecule has 0 aliphatic carbocycles. The van der Waals surface area contributed by atoms with Crippen LogP contribution in [0, 0.1) is 0 Å². The maximum absolute atomic E-state index is 2.58. The number of aromatic nitrogens is 3. The van der Waals surface area contributed by atoms with Crippen LogP contribution in [0.4, 0.5) is 17.1 Å². The van der Waals surface area contributed by atoms with Crippen molar-refractivity contribution in [2.24, 2.45) is 0 Å². The lowest BCUT2D eigenvalue weighted by molar-refractivity contribution is 0.825. The minimum Gasteiger partial charge on any atom is -0.310 e. The van der Waals surface area contributed by atoms with Crippen molar-refractivity contribution in [1.29, 1.82) is 0 Å². The van der Waals surface area contributed by atoms with Gasteiger partial charge in [0.15, 0.2) is 0 Å². The number of rotatable bonds is 3. The molecule has 0 radical (unpaired) electrons. The molecule has 0 spiro atoms. The summed E-state index contributed by atoms with van der Waals surface area (Å²) < 4.78 is 7.63. The molecule has 5 heterocycles. The number of hydrogen-bond acceptors (Lipinski definition) is 1. The van der Waals surface area contributed by atoms with E-state index in [0.717, 1.165) is 17.1 Å². The Hall–Kier alpha value is -6.78. The summed E-state index contributed by atoms with van der Waals surface area (Å²) in [4.78, 5) is 2.53. The Morgan fingerprint density at radius 2 is 0.863 bits per heavy atom. The lowest BCUT2D eigenvalue weighted by Crippen LogP contribution is -2.27. The molecule has 0 saturated heterocycles. The Morgan fingerprint density at radius 3 is 1.53 bits per heavy atom. The van der Waals surface area contributed by atoms with Crippen molar-refractivity contribution >= 4 is 60.7 Å². The first-order chi connectivity index (χ1) is 25.4. The molecule has 2 aliphatic heterocycles. The average molecular weight is 651 g/mol. The third kappa shape index (κ3) is 3.39. The maximum Gasteiger partial charge on any atom is 0.127 e. The van der Waals surface area contributed by atoms with Gasteiger partial charge in [-0.3, -0.25) is 9.13 Å². The van der Waals surface area contributed by atoms with Crippen molar-refractivity contribution in [3.8, 4) is 17.2 Å². The van der Waals surface area contributed by atoms with Crippen LogP contribution in [0.15, 0.2) is 176 Å². The van der Waals surface area contributed by atoms with E-state index < -0.39 is 0 Å². The summed E-state index contributed by atoms with van der Waals surface area (Å²) in [5.41, 5.74) is 14.9. The summed E-state index contributed by atoms with van der Waals surface area (Å²) in [7, 11) is 0. The molecular weight excluding hydrogens is 621 g/mol. The monoisotopic (exact) mass is 650 g/mol. The molecule has 0 N–H and O–H groups in total. The van der Waals surface area contributed by atoms with Crippen LogP contribution in [0.5, 0.6) is 0 Å². The SMILES string of the molecule is c1ccc(N2c3ccc4c5ccccc5n5c4c3C(c3c-5n(-c4ccccc4)c4ccccc34)c3c2c2ccccc2n3-c2ccccc2)cc1. The molecule has 2 aliphatic rings. The zero-order chi connectivity index (χ0) is 33.2. The minimum absolute atomic E-state index is 0.0482. The zero-order valence-corrected chi connectivity index (χ0v) is 27.6. The predicted molar refractivity (Wildman–Crippen MR) is 210 cm³/mol. The Bertz CT molecular complexity index is 3020. The highest BCUT2D eigenvalue weighted by atomic mass is 15.2. The van der Waals surface area contributed by atoms with Crippen molar-refractivity contribution in [3.05, 3.63) is 193 Å². The third-order valence-electron chi connectivity index (χ3n) is 11.2. The van der Waals surface area contributed by atoms with Gasteiger partial charge in [-0.15, -0.1) is 0 Å². The summed E-state index contributed by atoms with van der Waals surface area (Å²) in [5.74, 6) is 1.17. The molecule has 10 aromatic rings. The summed E-state index contributed by atoms with van der Waals surface area (Å²) in [6.07, 6.45) is 0. The number of benzene rings is 7. The molecule has 3 aromatic heterocycles. The molecule has 0 saturated carbocycles. The molecule has 4 nitrogen and oxygen atoms in total. The molecule has 7 aromatic carbocycles. The first kappa shape index (κ1) is 27.1. The van der Waals surface area contributed by atoms with Gasteiger partial charge in [-0.2, -0.15) is 0 Å². The van der Waals surface area contributed by atoms with Crippen LogP contribution in [-0.2, 0) is 0 Å². The van der Waals surface area contributed by atoms with Gasteiger partial charge >= 0.3 is 0 Å². The van der Waals surface area contributed by atoms with E-state index in [2.05, 4.69) is 195 Å². The largest absolute Gasteiger partial charge is 0.310 e. The highest BCUT2D eigenvalue weighted by Gasteiger charge is 2.45. The molecule has 0 amide bonds. The van der Waals surface area contributed by atoms with Gasteiger partial charge in [0.1, 0.15) is 5.82 Å². The summed E-state index contributed by atoms with van der Waals surface area (Å²) >= 11 is 0. The van der Waals surface area contributed by atoms with Crippen LogP contribution >= 0.6 is 0 Å². The van der Waals surface area contributed by atoms with Crippen molar-refractivity contribution < 1.29 is 0 Å². The molecule has 51 heavy (non-hydrogen) atoms. The summed E-state index contributed by atoms with van der Waals surface area (Å²) in [6, 6.07) is 64.4. The van der Waals surface area contributed by atoms with Crippen LogP contribution < -0.4 is 4.90 Å². The van der Waals surface area contributed by atoms with E-state index in [1.807, 2.05) is 0 Å². The summed E-state index contributed by atoms with van der Waals surface area (Å²) in [6.45, 7) is 0. The average Bonchev–Trinajstić information content (AvgIpc) is 3.85. The quantitative estimate of drug-likeness (QED) is 0.186. The topological polar surface area (TPSA) is 18.0 Å². The Morgan fingerprint density at radius 1 is 0.353 bits per heavy atom. The lowest BCUT2D eigenvalue weighted by atomic mass is 9.79. The fourth-order valence-electron chi connectivity index (χ4n) is 9.35. The summed E-state index contributed by atoms with van der Waals surface area (Å²) in [5, 5.41) is 5.07. The second kappa shape index (κ2) is 9.90. The van der Waals surface area contributed by atoms with Gasteiger partial charge in [-0.25, -0.2) is 0 Å². The van der Waals surface area contributed by atoms with E-state index in [4.69, 9.17) is 0 Å². The van der Waals surface area contributed by atoms with Gasteiger partial charge in [0, 0.05) is 49.7 Å². The van der Waals surface area contributed by atoms with Gasteiger partial charge < -0.3 is 9.47 Å². The van der Waals surface area contributed by atoms with E-state index >= 15 is 0 Å². The van der Waals surface area contributed by atoms with Crippen molar-refractivity contribution in [2.45, 2.75) is 5.92 Å². The van der Waals surface area contributed by atoms with Gasteiger partial charge in [0.2, 0.25) is 0 Å². The number of para-hydroxylation sites is 6.